The highest BCUT2D eigenvalue weighted by atomic mass is 32.1. The molecule has 0 aliphatic rings. The van der Waals surface area contributed by atoms with Crippen LogP contribution in [-0.4, -0.2) is 17.4 Å². The van der Waals surface area contributed by atoms with Crippen molar-refractivity contribution in [3.63, 3.8) is 0 Å². The number of rotatable bonds is 7. The van der Waals surface area contributed by atoms with Crippen molar-refractivity contribution in [3.05, 3.63) is 81.6 Å². The van der Waals surface area contributed by atoms with Gasteiger partial charge in [-0.2, -0.15) is 0 Å². The number of thiazole rings is 1. The maximum atomic E-state index is 13.5. The summed E-state index contributed by atoms with van der Waals surface area (Å²) in [5.41, 5.74) is 2.02. The van der Waals surface area contributed by atoms with Crippen molar-refractivity contribution in [2.75, 3.05) is 6.54 Å². The molecule has 1 amide bonds. The molecule has 2 aromatic carbocycles. The van der Waals surface area contributed by atoms with Crippen molar-refractivity contribution < 1.29 is 13.9 Å². The molecule has 3 aromatic rings. The third kappa shape index (κ3) is 4.89. The van der Waals surface area contributed by atoms with Gasteiger partial charge in [-0.15, -0.1) is 11.3 Å². The van der Waals surface area contributed by atoms with Crippen molar-refractivity contribution in [1.29, 1.82) is 0 Å². The summed E-state index contributed by atoms with van der Waals surface area (Å²) in [5, 5.41) is 5.77. The van der Waals surface area contributed by atoms with Gasteiger partial charge in [0, 0.05) is 17.5 Å². The number of nitrogens with zero attached hydrogens (tertiary/aromatic N) is 1. The molecule has 4 nitrogen and oxygen atoms in total. The molecule has 134 valence electrons. The minimum absolute atomic E-state index is 0.192. The molecule has 0 aliphatic heterocycles. The lowest BCUT2D eigenvalue weighted by Crippen LogP contribution is -2.25. The number of amides is 1. The van der Waals surface area contributed by atoms with Gasteiger partial charge < -0.3 is 10.1 Å². The van der Waals surface area contributed by atoms with E-state index < -0.39 is 0 Å². The number of nitrogens with one attached hydrogen (secondary N) is 1. The molecule has 0 saturated carbocycles. The third-order valence-corrected chi connectivity index (χ3v) is 4.63. The van der Waals surface area contributed by atoms with Crippen LogP contribution in [0.2, 0.25) is 0 Å². The normalized spacial score (nSPS) is 10.5. The molecule has 0 bridgehead atoms. The summed E-state index contributed by atoms with van der Waals surface area (Å²) in [7, 11) is 0. The lowest BCUT2D eigenvalue weighted by atomic mass is 10.1. The van der Waals surface area contributed by atoms with Crippen LogP contribution in [0.15, 0.2) is 53.9 Å². The van der Waals surface area contributed by atoms with Gasteiger partial charge in [-0.1, -0.05) is 18.2 Å². The molecule has 0 atom stereocenters. The molecular weight excluding hydrogens is 351 g/mol. The van der Waals surface area contributed by atoms with Crippen LogP contribution in [0.25, 0.3) is 0 Å². The molecule has 3 rings (SSSR count). The maximum absolute atomic E-state index is 13.5. The average Bonchev–Trinajstić information content (AvgIpc) is 3.07. The van der Waals surface area contributed by atoms with Crippen LogP contribution in [-0.2, 0) is 13.0 Å². The molecule has 0 radical (unpaired) electrons. The van der Waals surface area contributed by atoms with Gasteiger partial charge in [0.25, 0.3) is 5.91 Å². The zero-order valence-corrected chi connectivity index (χ0v) is 15.2. The number of ether oxygens (including phenoxy) is 1. The predicted octanol–water partition coefficient (Wildman–Crippen LogP) is 4.14. The van der Waals surface area contributed by atoms with Crippen molar-refractivity contribution in [2.24, 2.45) is 0 Å². The first-order valence-corrected chi connectivity index (χ1v) is 9.15. The molecular formula is C20H19FN2O2S. The van der Waals surface area contributed by atoms with Gasteiger partial charge in [-0.05, 0) is 49.2 Å². The highest BCUT2D eigenvalue weighted by molar-refractivity contribution is 7.09. The summed E-state index contributed by atoms with van der Waals surface area (Å²) in [6.07, 6.45) is 0.451. The Morgan fingerprint density at radius 1 is 1.19 bits per heavy atom. The van der Waals surface area contributed by atoms with E-state index in [4.69, 9.17) is 4.74 Å². The van der Waals surface area contributed by atoms with Crippen LogP contribution in [0.5, 0.6) is 5.75 Å². The minimum Gasteiger partial charge on any atom is -0.487 e. The van der Waals surface area contributed by atoms with Crippen molar-refractivity contribution >= 4 is 17.2 Å². The first kappa shape index (κ1) is 18.1. The predicted molar refractivity (Wildman–Crippen MR) is 100 cm³/mol. The van der Waals surface area contributed by atoms with E-state index in [0.29, 0.717) is 36.4 Å². The van der Waals surface area contributed by atoms with Crippen LogP contribution in [0, 0.1) is 12.7 Å². The number of hydrogen-bond donors (Lipinski definition) is 1. The fourth-order valence-corrected chi connectivity index (χ4v) is 3.05. The fourth-order valence-electron chi connectivity index (χ4n) is 2.45. The Hall–Kier alpha value is -2.73. The zero-order chi connectivity index (χ0) is 18.4. The molecule has 6 heteroatoms. The van der Waals surface area contributed by atoms with Crippen LogP contribution in [0.3, 0.4) is 0 Å². The molecule has 0 spiro atoms. The average molecular weight is 370 g/mol. The van der Waals surface area contributed by atoms with Gasteiger partial charge >= 0.3 is 0 Å². The number of hydrogen-bond acceptors (Lipinski definition) is 4. The van der Waals surface area contributed by atoms with Crippen LogP contribution in [0.1, 0.15) is 26.6 Å². The summed E-state index contributed by atoms with van der Waals surface area (Å²) in [5.74, 6) is 0.236. The van der Waals surface area contributed by atoms with Gasteiger partial charge in [0.05, 0.1) is 10.7 Å². The van der Waals surface area contributed by atoms with E-state index >= 15 is 0 Å². The second kappa shape index (κ2) is 8.58. The Balaban J connectivity index is 1.48. The molecule has 1 heterocycles. The van der Waals surface area contributed by atoms with E-state index in [1.165, 1.54) is 6.07 Å². The lowest BCUT2D eigenvalue weighted by molar-refractivity contribution is 0.0954. The summed E-state index contributed by atoms with van der Waals surface area (Å²) in [6.45, 7) is 2.73. The largest absolute Gasteiger partial charge is 0.487 e. The van der Waals surface area contributed by atoms with Crippen LogP contribution < -0.4 is 10.1 Å². The highest BCUT2D eigenvalue weighted by Gasteiger charge is 2.07. The number of halogens is 1. The van der Waals surface area contributed by atoms with Crippen molar-refractivity contribution in [3.8, 4) is 5.75 Å². The van der Waals surface area contributed by atoms with Gasteiger partial charge in [0.1, 0.15) is 18.2 Å². The van der Waals surface area contributed by atoms with E-state index in [9.17, 15) is 9.18 Å². The summed E-state index contributed by atoms with van der Waals surface area (Å²) >= 11 is 1.59. The van der Waals surface area contributed by atoms with Crippen molar-refractivity contribution in [2.45, 2.75) is 20.0 Å². The molecule has 26 heavy (non-hydrogen) atoms. The number of carbonyl (C=O) groups is 1. The van der Waals surface area contributed by atoms with E-state index in [0.717, 1.165) is 10.7 Å². The highest BCUT2D eigenvalue weighted by Crippen LogP contribution is 2.15. The smallest absolute Gasteiger partial charge is 0.251 e. The monoisotopic (exact) mass is 370 g/mol. The van der Waals surface area contributed by atoms with Crippen molar-refractivity contribution in [1.82, 2.24) is 10.3 Å². The first-order valence-electron chi connectivity index (χ1n) is 8.27. The molecule has 0 saturated heterocycles. The third-order valence-electron chi connectivity index (χ3n) is 3.81. The van der Waals surface area contributed by atoms with Gasteiger partial charge in [0.2, 0.25) is 0 Å². The number of aryl methyl sites for hydroxylation is 1. The SMILES string of the molecule is Cc1nc(COc2ccc(C(=O)NCCc3ccccc3F)cc2)cs1. The summed E-state index contributed by atoms with van der Waals surface area (Å²) in [6, 6.07) is 13.5. The van der Waals surface area contributed by atoms with E-state index in [1.54, 1.807) is 53.8 Å². The van der Waals surface area contributed by atoms with E-state index in [-0.39, 0.29) is 11.7 Å². The Bertz CT molecular complexity index is 878. The maximum Gasteiger partial charge on any atom is 0.251 e. The van der Waals surface area contributed by atoms with Gasteiger partial charge in [-0.3, -0.25) is 4.79 Å². The molecule has 1 aromatic heterocycles. The topological polar surface area (TPSA) is 51.2 Å². The number of carbonyl (C=O) groups excluding carboxylic acids is 1. The number of benzene rings is 2. The van der Waals surface area contributed by atoms with Crippen LogP contribution >= 0.6 is 11.3 Å². The van der Waals surface area contributed by atoms with E-state index in [2.05, 4.69) is 10.3 Å². The number of aromatic nitrogens is 1. The second-order valence-corrected chi connectivity index (χ2v) is 6.83. The zero-order valence-electron chi connectivity index (χ0n) is 14.4. The molecule has 0 unspecified atom stereocenters. The quantitative estimate of drug-likeness (QED) is 0.680. The Morgan fingerprint density at radius 3 is 2.65 bits per heavy atom. The first-order chi connectivity index (χ1) is 12.6. The second-order valence-electron chi connectivity index (χ2n) is 5.77. The Kier molecular flexibility index (Phi) is 5.96. The Morgan fingerprint density at radius 2 is 1.96 bits per heavy atom. The lowest BCUT2D eigenvalue weighted by Gasteiger charge is -2.08. The summed E-state index contributed by atoms with van der Waals surface area (Å²) in [4.78, 5) is 16.5. The fraction of sp³-hybridized carbons (Fsp3) is 0.200. The van der Waals surface area contributed by atoms with Gasteiger partial charge in [0.15, 0.2) is 0 Å². The summed E-state index contributed by atoms with van der Waals surface area (Å²) < 4.78 is 19.2. The molecule has 1 N–H and O–H groups in total. The molecule has 0 aliphatic carbocycles. The van der Waals surface area contributed by atoms with Gasteiger partial charge in [-0.25, -0.2) is 9.37 Å². The minimum atomic E-state index is -0.251. The molecule has 0 fully saturated rings. The van der Waals surface area contributed by atoms with E-state index in [1.807, 2.05) is 12.3 Å². The van der Waals surface area contributed by atoms with Crippen LogP contribution in [0.4, 0.5) is 4.39 Å². The Labute approximate surface area is 155 Å². The standard InChI is InChI=1S/C20H19FN2O2S/c1-14-23-17(13-26-14)12-25-18-8-6-16(7-9-18)20(24)22-11-10-15-4-2-3-5-19(15)21/h2-9,13H,10-12H2,1H3,(H,22,24).